The van der Waals surface area contributed by atoms with Crippen LogP contribution in [0, 0.1) is 23.2 Å². The molecule has 440 valence electrons. The van der Waals surface area contributed by atoms with Crippen LogP contribution < -0.4 is 10.4 Å². The normalized spacial score (nSPS) is 11.0. The number of allylic oxidation sites excluding steroid dienone is 17. The zero-order valence-corrected chi connectivity index (χ0v) is 48.1. The summed E-state index contributed by atoms with van der Waals surface area (Å²) >= 11 is 0. The summed E-state index contributed by atoms with van der Waals surface area (Å²) in [4.78, 5) is 112. The van der Waals surface area contributed by atoms with Crippen molar-refractivity contribution in [2.24, 2.45) is 0 Å². The number of cyclic esters (lactones) is 2. The molecule has 0 unspecified atom stereocenters. The van der Waals surface area contributed by atoms with Gasteiger partial charge in [0, 0.05) is 60.8 Å². The summed E-state index contributed by atoms with van der Waals surface area (Å²) in [5, 5.41) is 9.52. The van der Waals surface area contributed by atoms with Gasteiger partial charge in [-0.2, -0.15) is 5.26 Å². The van der Waals surface area contributed by atoms with Gasteiger partial charge >= 0.3 is 47.8 Å². The molecule has 1 heterocycles. The number of hydrogen-bond acceptors (Lipinski definition) is 19. The van der Waals surface area contributed by atoms with E-state index < -0.39 is 47.8 Å². The second kappa shape index (κ2) is 66.5. The van der Waals surface area contributed by atoms with E-state index in [9.17, 15) is 52.7 Å². The van der Waals surface area contributed by atoms with Gasteiger partial charge in [-0.15, -0.1) is 0 Å². The topological polar surface area (TPSA) is 276 Å². The van der Waals surface area contributed by atoms with Crippen molar-refractivity contribution in [3.8, 4) is 17.9 Å². The minimum absolute atomic E-state index is 0.121. The zero-order chi connectivity index (χ0) is 64.4. The van der Waals surface area contributed by atoms with E-state index in [-0.39, 0.29) is 17.3 Å². The number of benzene rings is 1. The molecule has 0 amide bonds. The van der Waals surface area contributed by atoms with Crippen molar-refractivity contribution >= 4 is 78.3 Å². The number of hydrogen-bond donors (Lipinski definition) is 0. The summed E-state index contributed by atoms with van der Waals surface area (Å²) in [6.07, 6.45) is 38.5. The number of nitriles is 1. The summed E-state index contributed by atoms with van der Waals surface area (Å²) in [5.74, 6) is -1.18. The molecule has 1 aromatic rings. The number of ether oxygens (including phenoxy) is 7. The number of carbonyl (C=O) groups is 11. The van der Waals surface area contributed by atoms with Crippen molar-refractivity contribution in [1.82, 2.24) is 0 Å². The standard InChI is InChI=1S/C8H8.2C6H8O4.C6H6O4.C6H4O2.C6H8.C5H6.C5H8.C4H2O3.C4H8O.C4H6.C3H3N/c1-7-5-3-4-6-8(7)2;3*1-9-5(7)3-4-6(8)10-2;7-5-1-2-6(8)4-3-5;1-2-4-6-5-3-1;1-2-4-5-3-1;1-4-5(2)3;5-3-1-2-4(6)7-3;1-3-4(2)5;1-3-4-2;1-2-3-4/h3-6H,1-2H2;2*3-4H,1-2H3;1-2H3;1-4H;1-4H,5-6H2;1-4H,5H2;4H,1-2H2,3H3;1-2H;3H2,1-2H3;3-4H,1-2H2;2H,1H2/b;4-3+;4-3-;;;;;;;;;. The van der Waals surface area contributed by atoms with Gasteiger partial charge < -0.3 is 38.0 Å². The molecule has 0 saturated carbocycles. The Hall–Kier alpha value is -10.7. The number of rotatable bonds is 7. The van der Waals surface area contributed by atoms with Crippen LogP contribution in [-0.4, -0.2) is 108 Å². The molecule has 1 aliphatic heterocycles. The molecular formula is C63H75NO18. The molecule has 0 aromatic heterocycles. The average molecular weight is 1130 g/mol. The Morgan fingerprint density at radius 3 is 0.963 bits per heavy atom. The Morgan fingerprint density at radius 1 is 0.549 bits per heavy atom. The maximum Gasteiger partial charge on any atom is 0.384 e. The lowest BCUT2D eigenvalue weighted by Crippen LogP contribution is -2.19. The number of nitrogens with zero attached hydrogens (tertiary/aromatic N) is 1. The largest absolute Gasteiger partial charge is 0.466 e. The van der Waals surface area contributed by atoms with Crippen LogP contribution in [-0.2, 0) is 85.9 Å². The lowest BCUT2D eigenvalue weighted by atomic mass is 10.2. The van der Waals surface area contributed by atoms with E-state index >= 15 is 0 Å². The SMILES string of the molecule is C1=CCC=C1.C1=CCCC=C1.C=CC#N.C=CC(=C)C.C=CC=C.C=c1ccccc1=C.CCC(C)=O.COC(=O)/C=C/C(=O)OC.COC(=O)/C=C\C(=O)OC.COC(=O)C#CC(=O)OC.O=C1C=CC(=O)C=C1.O=C1C=CC(=O)O1. The van der Waals surface area contributed by atoms with Gasteiger partial charge in [0.15, 0.2) is 11.6 Å². The van der Waals surface area contributed by atoms with Crippen molar-refractivity contribution in [3.05, 3.63) is 207 Å². The Kier molecular flexibility index (Phi) is 69.1. The van der Waals surface area contributed by atoms with Crippen molar-refractivity contribution in [2.45, 2.75) is 46.5 Å². The Bertz CT molecular complexity index is 2500. The quantitative estimate of drug-likeness (QED) is 0.0291. The smallest absolute Gasteiger partial charge is 0.384 e. The predicted octanol–water partition coefficient (Wildman–Crippen LogP) is 7.68. The predicted molar refractivity (Wildman–Crippen MR) is 316 cm³/mol. The Morgan fingerprint density at radius 2 is 0.829 bits per heavy atom. The molecular weight excluding hydrogens is 1060 g/mol. The number of Topliss-reactive ketones (excluding diaryl/α,β-unsaturated/α-hetero) is 1. The van der Waals surface area contributed by atoms with Crippen molar-refractivity contribution in [2.75, 3.05) is 42.7 Å². The van der Waals surface area contributed by atoms with Crippen LogP contribution in [0.25, 0.3) is 13.2 Å². The molecule has 5 rings (SSSR count). The summed E-state index contributed by atoms with van der Waals surface area (Å²) < 4.78 is 29.1. The first-order valence-electron chi connectivity index (χ1n) is 23.5. The zero-order valence-electron chi connectivity index (χ0n) is 48.1. The van der Waals surface area contributed by atoms with Crippen LogP contribution in [0.3, 0.4) is 0 Å². The Labute approximate surface area is 481 Å². The maximum absolute atomic E-state index is 10.3. The summed E-state index contributed by atoms with van der Waals surface area (Å²) in [6, 6.07) is 9.50. The van der Waals surface area contributed by atoms with E-state index in [4.69, 9.17) is 5.26 Å². The monoisotopic (exact) mass is 1130 g/mol. The van der Waals surface area contributed by atoms with Crippen LogP contribution in [0.5, 0.6) is 0 Å². The van der Waals surface area contributed by atoms with Crippen LogP contribution in [0.4, 0.5) is 0 Å². The summed E-state index contributed by atoms with van der Waals surface area (Å²) in [6.45, 7) is 29.7. The average Bonchev–Trinajstić information content (AvgIpc) is 4.23. The summed E-state index contributed by atoms with van der Waals surface area (Å²) in [7, 11) is 7.25. The molecule has 1 aromatic carbocycles. The van der Waals surface area contributed by atoms with Gasteiger partial charge in [0.05, 0.1) is 48.7 Å². The molecule has 0 atom stereocenters. The number of ketones is 3. The highest BCUT2D eigenvalue weighted by Crippen LogP contribution is 1.98. The fourth-order valence-electron chi connectivity index (χ4n) is 2.98. The van der Waals surface area contributed by atoms with Gasteiger partial charge in [-0.05, 0) is 67.9 Å². The minimum atomic E-state index is -0.759. The van der Waals surface area contributed by atoms with E-state index in [1.807, 2.05) is 50.0 Å². The highest BCUT2D eigenvalue weighted by Gasteiger charge is 2.10. The molecule has 0 saturated heterocycles. The molecule has 0 N–H and O–H groups in total. The summed E-state index contributed by atoms with van der Waals surface area (Å²) in [5.41, 5.74) is 1.02. The first kappa shape index (κ1) is 85.3. The van der Waals surface area contributed by atoms with Crippen LogP contribution in [0.2, 0.25) is 0 Å². The third-order valence-electron chi connectivity index (χ3n) is 7.29. The van der Waals surface area contributed by atoms with Crippen molar-refractivity contribution in [3.63, 3.8) is 0 Å². The van der Waals surface area contributed by atoms with Crippen LogP contribution in [0.15, 0.2) is 196 Å². The van der Waals surface area contributed by atoms with Crippen LogP contribution >= 0.6 is 0 Å². The molecule has 0 spiro atoms. The number of esters is 8. The first-order chi connectivity index (χ1) is 38.9. The minimum Gasteiger partial charge on any atom is -0.466 e. The molecule has 0 radical (unpaired) electrons. The van der Waals surface area contributed by atoms with Gasteiger partial charge in [0.2, 0.25) is 0 Å². The van der Waals surface area contributed by atoms with Gasteiger partial charge in [0.1, 0.15) is 5.78 Å². The van der Waals surface area contributed by atoms with Crippen LogP contribution in [0.1, 0.15) is 46.5 Å². The molecule has 19 heteroatoms. The van der Waals surface area contributed by atoms with Gasteiger partial charge in [-0.1, -0.05) is 150 Å². The Balaban J connectivity index is -0.000000151. The molecule has 3 aliphatic carbocycles. The van der Waals surface area contributed by atoms with E-state index in [1.165, 1.54) is 85.9 Å². The second-order valence-corrected chi connectivity index (χ2v) is 13.7. The number of methoxy groups -OCH3 is 6. The molecule has 4 aliphatic rings. The third kappa shape index (κ3) is 80.7. The maximum atomic E-state index is 10.3. The van der Waals surface area contributed by atoms with Gasteiger partial charge in [0.25, 0.3) is 0 Å². The van der Waals surface area contributed by atoms with Gasteiger partial charge in [-0.25, -0.2) is 38.4 Å². The molecule has 0 fully saturated rings. The number of carbonyl (C=O) groups excluding carboxylic acids is 11. The fraction of sp³-hybridized carbons (Fsp3) is 0.206. The highest BCUT2D eigenvalue weighted by atomic mass is 16.6. The molecule has 82 heavy (non-hydrogen) atoms. The van der Waals surface area contributed by atoms with E-state index in [0.717, 1.165) is 58.9 Å². The second-order valence-electron chi connectivity index (χ2n) is 13.7. The lowest BCUT2D eigenvalue weighted by molar-refractivity contribution is -0.150. The first-order valence-corrected chi connectivity index (χ1v) is 23.5. The fourth-order valence-corrected chi connectivity index (χ4v) is 2.98. The lowest BCUT2D eigenvalue weighted by Gasteiger charge is -1.89. The van der Waals surface area contributed by atoms with E-state index in [2.05, 4.69) is 128 Å². The van der Waals surface area contributed by atoms with Crippen molar-refractivity contribution < 1.29 is 85.9 Å². The molecule has 0 bridgehead atoms. The third-order valence-corrected chi connectivity index (χ3v) is 7.29. The van der Waals surface area contributed by atoms with Gasteiger partial charge in [-0.3, -0.25) is 9.59 Å². The van der Waals surface area contributed by atoms with E-state index in [0.29, 0.717) is 6.42 Å². The molecule has 19 nitrogen and oxygen atoms in total. The van der Waals surface area contributed by atoms with Crippen molar-refractivity contribution in [1.29, 1.82) is 5.26 Å². The highest BCUT2D eigenvalue weighted by molar-refractivity contribution is 6.14. The van der Waals surface area contributed by atoms with E-state index in [1.54, 1.807) is 31.2 Å².